The summed E-state index contributed by atoms with van der Waals surface area (Å²) >= 11 is 3.36. The van der Waals surface area contributed by atoms with Crippen molar-refractivity contribution in [3.63, 3.8) is 0 Å². The quantitative estimate of drug-likeness (QED) is 0.853. The highest BCUT2D eigenvalue weighted by Gasteiger charge is 2.50. The lowest BCUT2D eigenvalue weighted by Crippen LogP contribution is -2.54. The van der Waals surface area contributed by atoms with E-state index in [1.54, 1.807) is 12.1 Å². The molecule has 0 aromatic heterocycles. The Labute approximate surface area is 115 Å². The van der Waals surface area contributed by atoms with Gasteiger partial charge in [-0.3, -0.25) is 0 Å². The maximum atomic E-state index is 14.1. The van der Waals surface area contributed by atoms with Gasteiger partial charge in [0.2, 0.25) is 0 Å². The molecule has 1 aromatic rings. The Kier molecular flexibility index (Phi) is 3.74. The molecule has 0 amide bonds. The molecule has 1 unspecified atom stereocenters. The molecular formula is C14H15BrFNO. The second kappa shape index (κ2) is 4.99. The van der Waals surface area contributed by atoms with Crippen molar-refractivity contribution in [3.8, 4) is 6.07 Å². The summed E-state index contributed by atoms with van der Waals surface area (Å²) < 4.78 is 20.2. The second-order valence-corrected chi connectivity index (χ2v) is 6.04. The normalized spacial score (nSPS) is 19.1. The number of ether oxygens (including phenoxy) is 1. The van der Waals surface area contributed by atoms with Gasteiger partial charge in [-0.2, -0.15) is 5.26 Å². The third kappa shape index (κ3) is 2.06. The van der Waals surface area contributed by atoms with Crippen LogP contribution in [0.5, 0.6) is 0 Å². The van der Waals surface area contributed by atoms with Gasteiger partial charge >= 0.3 is 0 Å². The monoisotopic (exact) mass is 311 g/mol. The minimum Gasteiger partial charge on any atom is -0.379 e. The number of hydrogen-bond acceptors (Lipinski definition) is 2. The van der Waals surface area contributed by atoms with Gasteiger partial charge in [0.25, 0.3) is 0 Å². The van der Waals surface area contributed by atoms with Crippen molar-refractivity contribution in [1.82, 2.24) is 0 Å². The van der Waals surface area contributed by atoms with E-state index in [0.29, 0.717) is 18.8 Å². The van der Waals surface area contributed by atoms with E-state index >= 15 is 0 Å². The molecule has 4 heteroatoms. The summed E-state index contributed by atoms with van der Waals surface area (Å²) in [6.45, 7) is 4.81. The highest BCUT2D eigenvalue weighted by atomic mass is 79.9. The molecular weight excluding hydrogens is 297 g/mol. The lowest BCUT2D eigenvalue weighted by Gasteiger charge is -2.46. The van der Waals surface area contributed by atoms with E-state index in [1.165, 1.54) is 6.07 Å². The van der Waals surface area contributed by atoms with E-state index in [-0.39, 0.29) is 17.7 Å². The number of benzene rings is 1. The third-order valence-electron chi connectivity index (χ3n) is 3.59. The lowest BCUT2D eigenvalue weighted by atomic mass is 9.65. The smallest absolute Gasteiger partial charge is 0.127 e. The number of nitrogens with zero attached hydrogens (tertiary/aromatic N) is 1. The molecule has 0 N–H and O–H groups in total. The van der Waals surface area contributed by atoms with E-state index < -0.39 is 5.41 Å². The maximum absolute atomic E-state index is 14.1. The number of halogens is 2. The maximum Gasteiger partial charge on any atom is 0.127 e. The molecule has 0 aliphatic carbocycles. The second-order valence-electron chi connectivity index (χ2n) is 5.12. The summed E-state index contributed by atoms with van der Waals surface area (Å²) in [4.78, 5) is 0. The van der Waals surface area contributed by atoms with Crippen molar-refractivity contribution in [3.05, 3.63) is 34.1 Å². The van der Waals surface area contributed by atoms with Crippen LogP contribution in [-0.4, -0.2) is 13.2 Å². The Morgan fingerprint density at radius 2 is 2.11 bits per heavy atom. The first kappa shape index (κ1) is 13.5. The Bertz CT molecular complexity index is 491. The van der Waals surface area contributed by atoms with Crippen molar-refractivity contribution in [2.24, 2.45) is 11.8 Å². The van der Waals surface area contributed by atoms with E-state index in [1.807, 2.05) is 13.8 Å². The zero-order chi connectivity index (χ0) is 13.3. The van der Waals surface area contributed by atoms with Crippen LogP contribution in [0.3, 0.4) is 0 Å². The fraction of sp³-hybridized carbons (Fsp3) is 0.500. The van der Waals surface area contributed by atoms with Crippen LogP contribution in [0.25, 0.3) is 0 Å². The molecule has 18 heavy (non-hydrogen) atoms. The van der Waals surface area contributed by atoms with Gasteiger partial charge in [-0.25, -0.2) is 4.39 Å². The molecule has 0 saturated carbocycles. The van der Waals surface area contributed by atoms with Crippen LogP contribution < -0.4 is 0 Å². The first-order valence-corrected chi connectivity index (χ1v) is 6.73. The Balaban J connectivity index is 2.50. The minimum absolute atomic E-state index is 0.164. The summed E-state index contributed by atoms with van der Waals surface area (Å²) in [7, 11) is 0. The summed E-state index contributed by atoms with van der Waals surface area (Å²) in [5, 5.41) is 9.38. The predicted octanol–water partition coefficient (Wildman–Crippen LogP) is 3.65. The highest BCUT2D eigenvalue weighted by Crippen LogP contribution is 2.44. The van der Waals surface area contributed by atoms with Gasteiger partial charge in [-0.1, -0.05) is 29.8 Å². The molecule has 1 saturated heterocycles. The average molecular weight is 312 g/mol. The lowest BCUT2D eigenvalue weighted by molar-refractivity contribution is -0.0892. The third-order valence-corrected chi connectivity index (χ3v) is 4.08. The summed E-state index contributed by atoms with van der Waals surface area (Å²) in [5.41, 5.74) is 0.0833. The van der Waals surface area contributed by atoms with Crippen LogP contribution in [0.2, 0.25) is 0 Å². The zero-order valence-electron chi connectivity index (χ0n) is 10.4. The summed E-state index contributed by atoms with van der Waals surface area (Å²) in [6, 6.07) is 7.20. The molecule has 1 fully saturated rings. The van der Waals surface area contributed by atoms with Crippen LogP contribution >= 0.6 is 15.9 Å². The fourth-order valence-electron chi connectivity index (χ4n) is 2.61. The molecule has 0 radical (unpaired) electrons. The molecule has 0 bridgehead atoms. The number of hydrogen-bond donors (Lipinski definition) is 0. The molecule has 1 aliphatic heterocycles. The van der Waals surface area contributed by atoms with E-state index in [9.17, 15) is 9.65 Å². The standard InChI is InChI=1S/C14H15BrFNO/c1-9(2)12(6-17)14(7-18-8-14)11-5-10(15)3-4-13(11)16/h3-5,9,12H,7-8H2,1-2H3. The highest BCUT2D eigenvalue weighted by molar-refractivity contribution is 9.10. The van der Waals surface area contributed by atoms with Crippen molar-refractivity contribution in [1.29, 1.82) is 5.26 Å². The summed E-state index contributed by atoms with van der Waals surface area (Å²) in [5.74, 6) is -0.338. The number of rotatable bonds is 3. The van der Waals surface area contributed by atoms with Crippen molar-refractivity contribution < 1.29 is 9.13 Å². The van der Waals surface area contributed by atoms with Gasteiger partial charge in [0.15, 0.2) is 0 Å². The largest absolute Gasteiger partial charge is 0.379 e. The SMILES string of the molecule is CC(C)C(C#N)C1(c2cc(Br)ccc2F)COC1. The molecule has 2 nitrogen and oxygen atoms in total. The van der Waals surface area contributed by atoms with Crippen LogP contribution in [0, 0.1) is 29.0 Å². The predicted molar refractivity (Wildman–Crippen MR) is 70.5 cm³/mol. The first-order valence-electron chi connectivity index (χ1n) is 5.94. The van der Waals surface area contributed by atoms with Gasteiger partial charge in [-0.15, -0.1) is 0 Å². The molecule has 1 heterocycles. The van der Waals surface area contributed by atoms with Gasteiger partial charge in [0.1, 0.15) is 5.82 Å². The Morgan fingerprint density at radius 3 is 2.56 bits per heavy atom. The molecule has 96 valence electrons. The zero-order valence-corrected chi connectivity index (χ0v) is 12.0. The van der Waals surface area contributed by atoms with E-state index in [0.717, 1.165) is 4.47 Å². The molecule has 1 aliphatic rings. The van der Waals surface area contributed by atoms with Gasteiger partial charge in [0, 0.05) is 10.0 Å². The minimum atomic E-state index is -0.503. The topological polar surface area (TPSA) is 33.0 Å². The van der Waals surface area contributed by atoms with Crippen molar-refractivity contribution >= 4 is 15.9 Å². The van der Waals surface area contributed by atoms with E-state index in [4.69, 9.17) is 4.74 Å². The Hall–Kier alpha value is -0.920. The van der Waals surface area contributed by atoms with Crippen LogP contribution in [0.15, 0.2) is 22.7 Å². The van der Waals surface area contributed by atoms with Gasteiger partial charge in [-0.05, 0) is 24.1 Å². The van der Waals surface area contributed by atoms with Crippen LogP contribution in [0.1, 0.15) is 19.4 Å². The van der Waals surface area contributed by atoms with Crippen LogP contribution in [-0.2, 0) is 10.2 Å². The van der Waals surface area contributed by atoms with E-state index in [2.05, 4.69) is 22.0 Å². The molecule has 1 aromatic carbocycles. The Morgan fingerprint density at radius 1 is 1.44 bits per heavy atom. The van der Waals surface area contributed by atoms with Crippen molar-refractivity contribution in [2.75, 3.05) is 13.2 Å². The van der Waals surface area contributed by atoms with Crippen LogP contribution in [0.4, 0.5) is 4.39 Å². The number of nitriles is 1. The molecule has 0 spiro atoms. The summed E-state index contributed by atoms with van der Waals surface area (Å²) in [6.07, 6.45) is 0. The van der Waals surface area contributed by atoms with Gasteiger partial charge in [0.05, 0.1) is 30.6 Å². The first-order chi connectivity index (χ1) is 8.51. The fourth-order valence-corrected chi connectivity index (χ4v) is 2.98. The average Bonchev–Trinajstić information content (AvgIpc) is 2.26. The molecule has 1 atom stereocenters. The molecule has 2 rings (SSSR count). The van der Waals surface area contributed by atoms with Crippen molar-refractivity contribution in [2.45, 2.75) is 19.3 Å². The van der Waals surface area contributed by atoms with Gasteiger partial charge < -0.3 is 4.74 Å².